The summed E-state index contributed by atoms with van der Waals surface area (Å²) in [7, 11) is 0. The van der Waals surface area contributed by atoms with E-state index in [2.05, 4.69) is 91.8 Å². The summed E-state index contributed by atoms with van der Waals surface area (Å²) in [6, 6.07) is 13.5. The molecule has 0 aliphatic rings. The van der Waals surface area contributed by atoms with E-state index in [0.29, 0.717) is 6.42 Å². The van der Waals surface area contributed by atoms with Gasteiger partial charge in [0.15, 0.2) is 0 Å². The van der Waals surface area contributed by atoms with Crippen molar-refractivity contribution in [2.75, 3.05) is 0 Å². The summed E-state index contributed by atoms with van der Waals surface area (Å²) in [4.78, 5) is 11.5. The number of hydrogen-bond donors (Lipinski definition) is 0. The summed E-state index contributed by atoms with van der Waals surface area (Å²) in [5, 5.41) is 0. The van der Waals surface area contributed by atoms with Crippen molar-refractivity contribution in [1.82, 2.24) is 0 Å². The first-order valence-electron chi connectivity index (χ1n) is 9.61. The van der Waals surface area contributed by atoms with Crippen molar-refractivity contribution in [3.8, 4) is 0 Å². The van der Waals surface area contributed by atoms with Crippen LogP contribution in [-0.4, -0.2) is 6.29 Å². The van der Waals surface area contributed by atoms with E-state index in [1.165, 1.54) is 33.4 Å². The molecule has 26 heavy (non-hydrogen) atoms. The highest BCUT2D eigenvalue weighted by Crippen LogP contribution is 2.36. The molecule has 0 unspecified atom stereocenters. The van der Waals surface area contributed by atoms with E-state index in [9.17, 15) is 4.79 Å². The molecule has 2 aromatic rings. The molecule has 0 saturated heterocycles. The molecule has 1 heteroatoms. The molecular formula is C25H34O. The molecule has 0 N–H and O–H groups in total. The Kier molecular flexibility index (Phi) is 5.80. The summed E-state index contributed by atoms with van der Waals surface area (Å²) >= 11 is 0. The van der Waals surface area contributed by atoms with E-state index in [-0.39, 0.29) is 16.7 Å². The molecule has 2 rings (SSSR count). The largest absolute Gasteiger partial charge is 0.303 e. The third kappa shape index (κ3) is 4.44. The van der Waals surface area contributed by atoms with Crippen LogP contribution in [0.25, 0.3) is 0 Å². The van der Waals surface area contributed by atoms with Crippen molar-refractivity contribution in [3.63, 3.8) is 0 Å². The topological polar surface area (TPSA) is 17.1 Å². The zero-order valence-corrected chi connectivity index (χ0v) is 17.7. The van der Waals surface area contributed by atoms with E-state index >= 15 is 0 Å². The molecule has 0 atom stereocenters. The highest BCUT2D eigenvalue weighted by atomic mass is 16.1. The van der Waals surface area contributed by atoms with Crippen LogP contribution in [0.3, 0.4) is 0 Å². The molecule has 0 saturated carbocycles. The monoisotopic (exact) mass is 350 g/mol. The Morgan fingerprint density at radius 3 is 1.46 bits per heavy atom. The van der Waals surface area contributed by atoms with Gasteiger partial charge in [0.25, 0.3) is 0 Å². The fourth-order valence-corrected chi connectivity index (χ4v) is 3.48. The van der Waals surface area contributed by atoms with Gasteiger partial charge in [0.2, 0.25) is 0 Å². The van der Waals surface area contributed by atoms with Crippen LogP contribution in [0.15, 0.2) is 36.4 Å². The minimum absolute atomic E-state index is 0.0937. The average Bonchev–Trinajstić information content (AvgIpc) is 2.52. The van der Waals surface area contributed by atoms with Crippen LogP contribution in [0.1, 0.15) is 87.3 Å². The zero-order chi connectivity index (χ0) is 19.7. The molecule has 0 heterocycles. The van der Waals surface area contributed by atoms with E-state index in [0.717, 1.165) is 6.29 Å². The molecule has 0 aliphatic carbocycles. The minimum atomic E-state index is 0.0937. The van der Waals surface area contributed by atoms with Gasteiger partial charge in [-0.25, -0.2) is 0 Å². The lowest BCUT2D eigenvalue weighted by Gasteiger charge is -2.27. The molecular weight excluding hydrogens is 316 g/mol. The van der Waals surface area contributed by atoms with Gasteiger partial charge in [0.1, 0.15) is 6.29 Å². The molecule has 0 aliphatic heterocycles. The Bertz CT molecular complexity index is 721. The summed E-state index contributed by atoms with van der Waals surface area (Å²) in [6.45, 7) is 17.7. The zero-order valence-electron chi connectivity index (χ0n) is 17.7. The fourth-order valence-electron chi connectivity index (χ4n) is 3.48. The normalized spacial score (nSPS) is 12.5. The van der Waals surface area contributed by atoms with E-state index < -0.39 is 0 Å². The van der Waals surface area contributed by atoms with E-state index in [1.807, 2.05) is 0 Å². The van der Waals surface area contributed by atoms with Crippen LogP contribution in [-0.2, 0) is 15.6 Å². The summed E-state index contributed by atoms with van der Waals surface area (Å²) < 4.78 is 0. The quantitative estimate of drug-likeness (QED) is 0.566. The van der Waals surface area contributed by atoms with Gasteiger partial charge in [0.05, 0.1) is 0 Å². The van der Waals surface area contributed by atoms with Gasteiger partial charge in [-0.2, -0.15) is 0 Å². The van der Waals surface area contributed by atoms with Crippen LogP contribution < -0.4 is 0 Å². The smallest absolute Gasteiger partial charge is 0.120 e. The Morgan fingerprint density at radius 1 is 0.769 bits per heavy atom. The average molecular weight is 351 g/mol. The van der Waals surface area contributed by atoms with Gasteiger partial charge < -0.3 is 4.79 Å². The Balaban J connectivity index is 2.66. The maximum atomic E-state index is 11.5. The SMILES string of the molecule is Cc1ccc(C(C)(C)C)cc1C(CC=O)c1cc(C(C)(C)C)ccc1C. The Labute approximate surface area is 159 Å². The van der Waals surface area contributed by atoms with Crippen LogP contribution in [0.2, 0.25) is 0 Å². The number of aryl methyl sites for hydroxylation is 2. The van der Waals surface area contributed by atoms with Crippen LogP contribution >= 0.6 is 0 Å². The van der Waals surface area contributed by atoms with Gasteiger partial charge in [0, 0.05) is 12.3 Å². The van der Waals surface area contributed by atoms with Crippen molar-refractivity contribution in [2.45, 2.75) is 78.6 Å². The van der Waals surface area contributed by atoms with Crippen molar-refractivity contribution in [1.29, 1.82) is 0 Å². The lowest BCUT2D eigenvalue weighted by atomic mass is 9.77. The minimum Gasteiger partial charge on any atom is -0.303 e. The second-order valence-corrected chi connectivity index (χ2v) is 9.60. The maximum absolute atomic E-state index is 11.5. The van der Waals surface area contributed by atoms with Crippen molar-refractivity contribution in [3.05, 3.63) is 69.8 Å². The lowest BCUT2D eigenvalue weighted by molar-refractivity contribution is -0.108. The molecule has 0 aromatic heterocycles. The molecule has 0 spiro atoms. The molecule has 0 radical (unpaired) electrons. The van der Waals surface area contributed by atoms with Crippen LogP contribution in [0.5, 0.6) is 0 Å². The van der Waals surface area contributed by atoms with Crippen molar-refractivity contribution >= 4 is 6.29 Å². The third-order valence-corrected chi connectivity index (χ3v) is 5.37. The Hall–Kier alpha value is -1.89. The first kappa shape index (κ1) is 20.4. The molecule has 0 bridgehead atoms. The maximum Gasteiger partial charge on any atom is 0.120 e. The van der Waals surface area contributed by atoms with Gasteiger partial charge >= 0.3 is 0 Å². The van der Waals surface area contributed by atoms with E-state index in [4.69, 9.17) is 0 Å². The number of carbonyl (C=O) groups is 1. The molecule has 2 aromatic carbocycles. The second kappa shape index (κ2) is 7.39. The molecule has 0 fully saturated rings. The van der Waals surface area contributed by atoms with Gasteiger partial charge in [-0.1, -0.05) is 77.9 Å². The summed E-state index contributed by atoms with van der Waals surface area (Å²) in [5.41, 5.74) is 7.89. The third-order valence-electron chi connectivity index (χ3n) is 5.37. The number of rotatable bonds is 4. The number of hydrogen-bond acceptors (Lipinski definition) is 1. The second-order valence-electron chi connectivity index (χ2n) is 9.60. The van der Waals surface area contributed by atoms with Crippen molar-refractivity contribution in [2.24, 2.45) is 0 Å². The summed E-state index contributed by atoms with van der Waals surface area (Å²) in [5.74, 6) is 0.108. The predicted octanol–water partition coefficient (Wildman–Crippen LogP) is 6.62. The Morgan fingerprint density at radius 2 is 1.15 bits per heavy atom. The highest BCUT2D eigenvalue weighted by molar-refractivity contribution is 5.57. The number of carbonyl (C=O) groups excluding carboxylic acids is 1. The first-order valence-corrected chi connectivity index (χ1v) is 9.61. The fraction of sp³-hybridized carbons (Fsp3) is 0.480. The number of aldehydes is 1. The van der Waals surface area contributed by atoms with Crippen LogP contribution in [0.4, 0.5) is 0 Å². The van der Waals surface area contributed by atoms with E-state index in [1.54, 1.807) is 0 Å². The molecule has 1 nitrogen and oxygen atoms in total. The highest BCUT2D eigenvalue weighted by Gasteiger charge is 2.23. The van der Waals surface area contributed by atoms with Gasteiger partial charge in [-0.15, -0.1) is 0 Å². The first-order chi connectivity index (χ1) is 11.9. The number of benzene rings is 2. The van der Waals surface area contributed by atoms with Crippen molar-refractivity contribution < 1.29 is 4.79 Å². The lowest BCUT2D eigenvalue weighted by Crippen LogP contribution is -2.15. The predicted molar refractivity (Wildman–Crippen MR) is 112 cm³/mol. The standard InChI is InChI=1S/C25H34O/c1-17-9-11-19(24(3,4)5)15-22(17)21(13-14-26)23-16-20(25(6,7)8)12-10-18(23)2/h9-12,14-16,21H,13H2,1-8H3. The summed E-state index contributed by atoms with van der Waals surface area (Å²) in [6.07, 6.45) is 1.58. The van der Waals surface area contributed by atoms with Gasteiger partial charge in [-0.05, 0) is 58.1 Å². The van der Waals surface area contributed by atoms with Gasteiger partial charge in [-0.3, -0.25) is 0 Å². The molecule has 0 amide bonds. The van der Waals surface area contributed by atoms with Crippen LogP contribution in [0, 0.1) is 13.8 Å². The molecule has 140 valence electrons.